The van der Waals surface area contributed by atoms with Gasteiger partial charge in [0.2, 0.25) is 0 Å². The van der Waals surface area contributed by atoms with E-state index in [1.807, 2.05) is 38.1 Å². The third-order valence-corrected chi connectivity index (χ3v) is 6.38. The Morgan fingerprint density at radius 1 is 1.19 bits per heavy atom. The van der Waals surface area contributed by atoms with Crippen LogP contribution >= 0.6 is 35.3 Å². The topological polar surface area (TPSA) is 76.0 Å². The second-order valence-electron chi connectivity index (χ2n) is 6.59. The maximum atomic E-state index is 13.0. The van der Waals surface area contributed by atoms with Crippen LogP contribution in [0.3, 0.4) is 0 Å². The molecule has 0 aliphatic rings. The van der Waals surface area contributed by atoms with E-state index >= 15 is 0 Å². The van der Waals surface area contributed by atoms with Crippen molar-refractivity contribution in [1.82, 2.24) is 14.3 Å². The number of halogens is 1. The monoisotopic (exact) mass is 472 g/mol. The predicted octanol–water partition coefficient (Wildman–Crippen LogP) is 6.08. The number of hydrogen-bond donors (Lipinski definition) is 2. The van der Waals surface area contributed by atoms with E-state index < -0.39 is 0 Å². The number of amides is 2. The summed E-state index contributed by atoms with van der Waals surface area (Å²) < 4.78 is 5.48. The highest BCUT2D eigenvalue weighted by atomic mass is 35.5. The normalized spacial score (nSPS) is 11.4. The van der Waals surface area contributed by atoms with Crippen LogP contribution in [0.25, 0.3) is 16.6 Å². The van der Waals surface area contributed by atoms with Gasteiger partial charge in [-0.15, -0.1) is 0 Å². The summed E-state index contributed by atoms with van der Waals surface area (Å²) in [6.45, 7) is 9.21. The number of anilines is 1. The third-order valence-electron chi connectivity index (χ3n) is 4.27. The van der Waals surface area contributed by atoms with Crippen molar-refractivity contribution in [2.45, 2.75) is 20.8 Å². The number of allylic oxidation sites excluding steroid dienone is 1. The lowest BCUT2D eigenvalue weighted by Gasteiger charge is -2.12. The summed E-state index contributed by atoms with van der Waals surface area (Å²) in [4.78, 5) is 29.7. The van der Waals surface area contributed by atoms with E-state index in [2.05, 4.69) is 21.6 Å². The van der Waals surface area contributed by atoms with Crippen LogP contribution in [0.15, 0.2) is 68.5 Å². The van der Waals surface area contributed by atoms with Gasteiger partial charge in [-0.1, -0.05) is 47.6 Å². The summed E-state index contributed by atoms with van der Waals surface area (Å²) in [6, 6.07) is 12.3. The molecule has 2 N–H and O–H groups in total. The number of nitrogens with zero attached hydrogens (tertiary/aromatic N) is 2. The highest BCUT2D eigenvalue weighted by Crippen LogP contribution is 2.33. The lowest BCUT2D eigenvalue weighted by Crippen LogP contribution is -2.23. The molecule has 0 saturated heterocycles. The minimum atomic E-state index is -0.380. The molecule has 31 heavy (non-hydrogen) atoms. The van der Waals surface area contributed by atoms with Gasteiger partial charge in [0, 0.05) is 5.69 Å². The van der Waals surface area contributed by atoms with Gasteiger partial charge in [-0.3, -0.25) is 14.1 Å². The Bertz CT molecular complexity index is 1240. The first-order chi connectivity index (χ1) is 14.8. The van der Waals surface area contributed by atoms with Crippen molar-refractivity contribution in [3.05, 3.63) is 85.5 Å². The molecule has 3 aromatic rings. The molecule has 3 rings (SSSR count). The molecular formula is C22H21ClN4O2S2. The van der Waals surface area contributed by atoms with Gasteiger partial charge in [0.15, 0.2) is 0 Å². The number of fused-ring (bicyclic) bond motifs is 1. The van der Waals surface area contributed by atoms with E-state index in [0.717, 1.165) is 21.7 Å². The summed E-state index contributed by atoms with van der Waals surface area (Å²) in [6.07, 6.45) is 1.83. The summed E-state index contributed by atoms with van der Waals surface area (Å²) in [5.41, 5.74) is 2.81. The number of benzene rings is 2. The maximum Gasteiger partial charge on any atom is 0.329 e. The Balaban J connectivity index is 1.76. The van der Waals surface area contributed by atoms with Gasteiger partial charge in [-0.2, -0.15) is 0 Å². The Hall–Kier alpha value is -2.68. The minimum Gasteiger partial charge on any atom is -0.307 e. The average Bonchev–Trinajstić information content (AvgIpc) is 2.72. The molecule has 0 radical (unpaired) electrons. The number of nitrogens with one attached hydrogen (secondary N) is 2. The molecule has 1 aromatic heterocycles. The number of carbonyl (C=O) groups is 1. The van der Waals surface area contributed by atoms with E-state index in [-0.39, 0.29) is 11.6 Å². The largest absolute Gasteiger partial charge is 0.329 e. The van der Waals surface area contributed by atoms with Crippen LogP contribution in [0.1, 0.15) is 18.3 Å². The molecule has 0 saturated carbocycles. The van der Waals surface area contributed by atoms with E-state index in [9.17, 15) is 9.59 Å². The van der Waals surface area contributed by atoms with Crippen molar-refractivity contribution in [1.29, 1.82) is 0 Å². The number of hydrogen-bond acceptors (Lipinski definition) is 5. The molecule has 0 aliphatic heterocycles. The van der Waals surface area contributed by atoms with E-state index in [1.165, 1.54) is 11.8 Å². The van der Waals surface area contributed by atoms with Gasteiger partial charge in [0.25, 0.3) is 5.56 Å². The molecule has 0 bridgehead atoms. The van der Waals surface area contributed by atoms with Crippen LogP contribution < -0.4 is 15.6 Å². The molecule has 6 nitrogen and oxygen atoms in total. The van der Waals surface area contributed by atoms with Gasteiger partial charge in [0.1, 0.15) is 5.82 Å². The maximum absolute atomic E-state index is 13.0. The summed E-state index contributed by atoms with van der Waals surface area (Å²) in [5.74, 6) is 0.591. The zero-order valence-electron chi connectivity index (χ0n) is 17.2. The van der Waals surface area contributed by atoms with E-state index in [4.69, 9.17) is 11.6 Å². The zero-order valence-corrected chi connectivity index (χ0v) is 19.6. The first-order valence-corrected chi connectivity index (χ1v) is 11.3. The fourth-order valence-electron chi connectivity index (χ4n) is 2.91. The number of thioether (sulfide) groups is 1. The molecule has 1 heterocycles. The van der Waals surface area contributed by atoms with Crippen molar-refractivity contribution in [2.24, 2.45) is 0 Å². The van der Waals surface area contributed by atoms with E-state index in [0.29, 0.717) is 32.5 Å². The first kappa shape index (κ1) is 23.0. The molecule has 0 spiro atoms. The Labute approximate surface area is 193 Å². The fourth-order valence-corrected chi connectivity index (χ4v) is 4.59. The van der Waals surface area contributed by atoms with Crippen molar-refractivity contribution < 1.29 is 4.79 Å². The number of rotatable bonds is 6. The number of carbonyl (C=O) groups excluding carboxylic acids is 1. The fraction of sp³-hybridized carbons (Fsp3) is 0.136. The molecular weight excluding hydrogens is 452 g/mol. The highest BCUT2D eigenvalue weighted by Gasteiger charge is 2.11. The van der Waals surface area contributed by atoms with Crippen LogP contribution in [-0.2, 0) is 0 Å². The molecule has 160 valence electrons. The minimum absolute atomic E-state index is 0.127. The van der Waals surface area contributed by atoms with Crippen LogP contribution in [-0.4, -0.2) is 15.6 Å². The molecule has 9 heteroatoms. The lowest BCUT2D eigenvalue weighted by molar-refractivity contribution is 0.257. The standard InChI is InChI=1S/C22H21ClN4O2S2/c1-5-20(30-14(3)23)31-26-22(29)25-16-7-9-17(10-8-16)27-15(4)24-19-11-6-13(2)12-18(19)21(27)28/h5-12H,3H2,1-2,4H3,(H2,25,26,29)/b20-5+. The number of aryl methyl sites for hydroxylation is 2. The Morgan fingerprint density at radius 2 is 1.90 bits per heavy atom. The van der Waals surface area contributed by atoms with Crippen LogP contribution in [0.4, 0.5) is 10.5 Å². The number of aromatic nitrogens is 2. The highest BCUT2D eigenvalue weighted by molar-refractivity contribution is 8.24. The van der Waals surface area contributed by atoms with E-state index in [1.54, 1.807) is 35.8 Å². The predicted molar refractivity (Wildman–Crippen MR) is 133 cm³/mol. The SMILES string of the molecule is C=C(Cl)S/C(=C\C)SNC(=O)Nc1ccc(-n2c(C)nc3ccc(C)cc3c2=O)cc1. The first-order valence-electron chi connectivity index (χ1n) is 9.31. The van der Waals surface area contributed by atoms with Gasteiger partial charge in [-0.05, 0) is 69.1 Å². The van der Waals surface area contributed by atoms with Gasteiger partial charge >= 0.3 is 6.03 Å². The van der Waals surface area contributed by atoms with Gasteiger partial charge < -0.3 is 5.32 Å². The number of urea groups is 1. The molecule has 0 fully saturated rings. The quantitative estimate of drug-likeness (QED) is 0.425. The third kappa shape index (κ3) is 5.72. The van der Waals surface area contributed by atoms with Crippen molar-refractivity contribution in [3.8, 4) is 5.69 Å². The second kappa shape index (κ2) is 10.1. The smallest absolute Gasteiger partial charge is 0.307 e. The molecule has 0 atom stereocenters. The van der Waals surface area contributed by atoms with Gasteiger partial charge in [0.05, 0.1) is 25.2 Å². The van der Waals surface area contributed by atoms with Crippen LogP contribution in [0, 0.1) is 13.8 Å². The summed E-state index contributed by atoms with van der Waals surface area (Å²) >= 11 is 8.19. The van der Waals surface area contributed by atoms with Crippen molar-refractivity contribution >= 4 is 57.9 Å². The van der Waals surface area contributed by atoms with Crippen molar-refractivity contribution in [3.63, 3.8) is 0 Å². The molecule has 2 aromatic carbocycles. The summed E-state index contributed by atoms with van der Waals surface area (Å²) in [7, 11) is 0. The Kier molecular flexibility index (Phi) is 7.48. The second-order valence-corrected chi connectivity index (χ2v) is 9.51. The zero-order chi connectivity index (χ0) is 22.5. The van der Waals surface area contributed by atoms with Crippen LogP contribution in [0.2, 0.25) is 0 Å². The van der Waals surface area contributed by atoms with Gasteiger partial charge in [-0.25, -0.2) is 9.78 Å². The van der Waals surface area contributed by atoms with Crippen LogP contribution in [0.5, 0.6) is 0 Å². The lowest BCUT2D eigenvalue weighted by atomic mass is 10.1. The summed E-state index contributed by atoms with van der Waals surface area (Å²) in [5, 5.41) is 3.32. The Morgan fingerprint density at radius 3 is 2.55 bits per heavy atom. The molecule has 0 unspecified atom stereocenters. The van der Waals surface area contributed by atoms with Crippen molar-refractivity contribution in [2.75, 3.05) is 5.32 Å². The average molecular weight is 473 g/mol. The molecule has 0 aliphatic carbocycles. The molecule has 2 amide bonds.